The summed E-state index contributed by atoms with van der Waals surface area (Å²) in [4.78, 5) is 48.3. The minimum atomic E-state index is -0.415. The average Bonchev–Trinajstić information content (AvgIpc) is 3.18. The maximum Gasteiger partial charge on any atom is 0.332 e. The summed E-state index contributed by atoms with van der Waals surface area (Å²) in [6.45, 7) is 2.90. The number of fused-ring (bicyclic) bond motifs is 1. The summed E-state index contributed by atoms with van der Waals surface area (Å²) in [5.74, 6) is 0.460. The van der Waals surface area contributed by atoms with E-state index in [1.807, 2.05) is 4.90 Å². The SMILES string of the molecule is Cn1c(=O)c2[nH]c(N3CCN(CC(=O)Nc4ccc(Cl)cc4)CC3)nc2n(C)c1=O. The fourth-order valence-electron chi connectivity index (χ4n) is 3.52. The lowest BCUT2D eigenvalue weighted by molar-refractivity contribution is -0.117. The molecule has 0 atom stereocenters. The van der Waals surface area contributed by atoms with Crippen LogP contribution < -0.4 is 21.5 Å². The topological polar surface area (TPSA) is 108 Å². The first kappa shape index (κ1) is 20.2. The van der Waals surface area contributed by atoms with Gasteiger partial charge in [0.15, 0.2) is 11.2 Å². The second kappa shape index (κ2) is 7.96. The van der Waals surface area contributed by atoms with Gasteiger partial charge in [0.05, 0.1) is 6.54 Å². The number of nitrogens with one attached hydrogen (secondary N) is 2. The molecule has 0 bridgehead atoms. The molecule has 1 saturated heterocycles. The number of hydrogen-bond acceptors (Lipinski definition) is 6. The maximum atomic E-state index is 12.3. The van der Waals surface area contributed by atoms with E-state index in [-0.39, 0.29) is 12.5 Å². The van der Waals surface area contributed by atoms with Crippen LogP contribution in [0.3, 0.4) is 0 Å². The second-order valence-electron chi connectivity index (χ2n) is 7.28. The van der Waals surface area contributed by atoms with E-state index in [9.17, 15) is 14.4 Å². The van der Waals surface area contributed by atoms with Gasteiger partial charge < -0.3 is 15.2 Å². The predicted octanol–water partition coefficient (Wildman–Crippen LogP) is 0.374. The fraction of sp³-hybridized carbons (Fsp3) is 0.368. The number of piperazine rings is 1. The van der Waals surface area contributed by atoms with Crippen molar-refractivity contribution in [2.24, 2.45) is 14.1 Å². The molecule has 1 aliphatic rings. The number of rotatable bonds is 4. The monoisotopic (exact) mass is 431 g/mol. The highest BCUT2D eigenvalue weighted by Gasteiger charge is 2.23. The van der Waals surface area contributed by atoms with Gasteiger partial charge in [0, 0.05) is 51.0 Å². The molecule has 0 aliphatic carbocycles. The number of nitrogens with zero attached hydrogens (tertiary/aromatic N) is 5. The van der Waals surface area contributed by atoms with Crippen LogP contribution in [0.4, 0.5) is 11.6 Å². The van der Waals surface area contributed by atoms with E-state index < -0.39 is 11.2 Å². The van der Waals surface area contributed by atoms with Crippen LogP contribution in [0.15, 0.2) is 33.9 Å². The normalized spacial score (nSPS) is 15.0. The van der Waals surface area contributed by atoms with Crippen LogP contribution in [-0.2, 0) is 18.9 Å². The Morgan fingerprint density at radius 2 is 1.77 bits per heavy atom. The van der Waals surface area contributed by atoms with Gasteiger partial charge in [-0.15, -0.1) is 0 Å². The lowest BCUT2D eigenvalue weighted by Gasteiger charge is -2.34. The number of H-pyrrole nitrogens is 1. The molecule has 11 heteroatoms. The fourth-order valence-corrected chi connectivity index (χ4v) is 3.64. The third kappa shape index (κ3) is 3.83. The Morgan fingerprint density at radius 1 is 1.10 bits per heavy atom. The highest BCUT2D eigenvalue weighted by molar-refractivity contribution is 6.30. The molecule has 1 amide bonds. The van der Waals surface area contributed by atoms with Gasteiger partial charge in [-0.2, -0.15) is 4.98 Å². The van der Waals surface area contributed by atoms with Crippen LogP contribution in [0.1, 0.15) is 0 Å². The van der Waals surface area contributed by atoms with E-state index in [2.05, 4.69) is 20.2 Å². The summed E-state index contributed by atoms with van der Waals surface area (Å²) in [5.41, 5.74) is 0.533. The van der Waals surface area contributed by atoms with Crippen LogP contribution in [0.25, 0.3) is 11.2 Å². The molecule has 2 aromatic heterocycles. The Balaban J connectivity index is 1.40. The number of carbonyl (C=O) groups is 1. The second-order valence-corrected chi connectivity index (χ2v) is 7.72. The van der Waals surface area contributed by atoms with E-state index >= 15 is 0 Å². The average molecular weight is 432 g/mol. The van der Waals surface area contributed by atoms with Gasteiger partial charge in [0.1, 0.15) is 0 Å². The maximum absolute atomic E-state index is 12.3. The first-order valence-electron chi connectivity index (χ1n) is 9.52. The quantitative estimate of drug-likeness (QED) is 0.618. The molecular formula is C19H22ClN7O3. The summed E-state index contributed by atoms with van der Waals surface area (Å²) >= 11 is 5.86. The number of aryl methyl sites for hydroxylation is 1. The van der Waals surface area contributed by atoms with Crippen molar-refractivity contribution in [1.29, 1.82) is 0 Å². The van der Waals surface area contributed by atoms with Crippen LogP contribution >= 0.6 is 11.6 Å². The van der Waals surface area contributed by atoms with Gasteiger partial charge in [-0.25, -0.2) is 4.79 Å². The van der Waals surface area contributed by atoms with Gasteiger partial charge in [0.25, 0.3) is 5.56 Å². The molecule has 10 nitrogen and oxygen atoms in total. The van der Waals surface area contributed by atoms with Crippen molar-refractivity contribution >= 4 is 40.3 Å². The highest BCUT2D eigenvalue weighted by atomic mass is 35.5. The van der Waals surface area contributed by atoms with Crippen molar-refractivity contribution in [3.8, 4) is 0 Å². The smallest absolute Gasteiger partial charge is 0.332 e. The van der Waals surface area contributed by atoms with Gasteiger partial charge in [0.2, 0.25) is 11.9 Å². The molecule has 0 unspecified atom stereocenters. The molecular weight excluding hydrogens is 410 g/mol. The number of amides is 1. The molecule has 1 aromatic carbocycles. The largest absolute Gasteiger partial charge is 0.340 e. The summed E-state index contributed by atoms with van der Waals surface area (Å²) < 4.78 is 2.41. The number of aromatic nitrogens is 4. The third-order valence-corrected chi connectivity index (χ3v) is 5.50. The number of carbonyl (C=O) groups excluding carboxylic acids is 1. The van der Waals surface area contributed by atoms with Gasteiger partial charge in [-0.05, 0) is 24.3 Å². The van der Waals surface area contributed by atoms with Gasteiger partial charge in [-0.3, -0.25) is 23.6 Å². The minimum absolute atomic E-state index is 0.0898. The zero-order valence-electron chi connectivity index (χ0n) is 16.7. The summed E-state index contributed by atoms with van der Waals surface area (Å²) in [5, 5.41) is 3.48. The predicted molar refractivity (Wildman–Crippen MR) is 115 cm³/mol. The van der Waals surface area contributed by atoms with E-state index in [0.717, 1.165) is 4.57 Å². The number of imidazole rings is 1. The lowest BCUT2D eigenvalue weighted by atomic mass is 10.3. The number of anilines is 2. The molecule has 1 aliphatic heterocycles. The molecule has 2 N–H and O–H groups in total. The molecule has 3 aromatic rings. The van der Waals surface area contributed by atoms with Crippen molar-refractivity contribution in [2.45, 2.75) is 0 Å². The van der Waals surface area contributed by atoms with Crippen LogP contribution in [0, 0.1) is 0 Å². The number of aromatic amines is 1. The Hall–Kier alpha value is -3.11. The van der Waals surface area contributed by atoms with E-state index in [1.165, 1.54) is 11.6 Å². The van der Waals surface area contributed by atoms with Crippen LogP contribution in [-0.4, -0.2) is 62.6 Å². The Bertz CT molecular complexity index is 1200. The minimum Gasteiger partial charge on any atom is -0.340 e. The molecule has 0 saturated carbocycles. The number of halogens is 1. The van der Waals surface area contributed by atoms with E-state index in [0.29, 0.717) is 54.0 Å². The van der Waals surface area contributed by atoms with Gasteiger partial charge >= 0.3 is 5.69 Å². The standard InChI is InChI=1S/C19H22ClN7O3/c1-24-16-15(17(29)25(2)19(24)30)22-18(23-16)27-9-7-26(8-10-27)11-14(28)21-13-5-3-12(20)4-6-13/h3-6H,7-11H2,1-2H3,(H,21,28)(H,22,23). The summed E-state index contributed by atoms with van der Waals surface area (Å²) in [6.07, 6.45) is 0. The molecule has 158 valence electrons. The Morgan fingerprint density at radius 3 is 2.43 bits per heavy atom. The van der Waals surface area contributed by atoms with E-state index in [1.54, 1.807) is 31.3 Å². The van der Waals surface area contributed by atoms with E-state index in [4.69, 9.17) is 11.6 Å². The molecule has 30 heavy (non-hydrogen) atoms. The number of benzene rings is 1. The van der Waals surface area contributed by atoms with Gasteiger partial charge in [-0.1, -0.05) is 11.6 Å². The summed E-state index contributed by atoms with van der Waals surface area (Å²) in [6, 6.07) is 6.98. The Kier molecular flexibility index (Phi) is 5.35. The third-order valence-electron chi connectivity index (χ3n) is 5.25. The van der Waals surface area contributed by atoms with Crippen molar-refractivity contribution < 1.29 is 4.79 Å². The lowest BCUT2D eigenvalue weighted by Crippen LogP contribution is -2.49. The van der Waals surface area contributed by atoms with Crippen LogP contribution in [0.5, 0.6) is 0 Å². The van der Waals surface area contributed by atoms with Crippen LogP contribution in [0.2, 0.25) is 5.02 Å². The molecule has 0 spiro atoms. The zero-order valence-corrected chi connectivity index (χ0v) is 17.4. The molecule has 3 heterocycles. The zero-order chi connectivity index (χ0) is 21.4. The highest BCUT2D eigenvalue weighted by Crippen LogP contribution is 2.16. The summed E-state index contributed by atoms with van der Waals surface area (Å²) in [7, 11) is 3.03. The van der Waals surface area contributed by atoms with Crippen molar-refractivity contribution in [3.05, 3.63) is 50.1 Å². The number of hydrogen-bond donors (Lipinski definition) is 2. The van der Waals surface area contributed by atoms with Crippen molar-refractivity contribution in [3.63, 3.8) is 0 Å². The first-order chi connectivity index (χ1) is 14.3. The van der Waals surface area contributed by atoms with Crippen molar-refractivity contribution in [2.75, 3.05) is 42.9 Å². The first-order valence-corrected chi connectivity index (χ1v) is 9.90. The molecule has 0 radical (unpaired) electrons. The Labute approximate surface area is 176 Å². The molecule has 4 rings (SSSR count). The van der Waals surface area contributed by atoms with Crippen molar-refractivity contribution in [1.82, 2.24) is 24.0 Å². The molecule has 1 fully saturated rings.